The summed E-state index contributed by atoms with van der Waals surface area (Å²) in [6.45, 7) is 0.0691. The maximum atomic E-state index is 13.4. The molecule has 1 atom stereocenters. The van der Waals surface area contributed by atoms with Crippen LogP contribution in [-0.4, -0.2) is 57.9 Å². The molecule has 0 radical (unpaired) electrons. The lowest BCUT2D eigenvalue weighted by Crippen LogP contribution is -2.74. The minimum Gasteiger partial charge on any atom is -0.199 e. The average molecular weight is 492 g/mol. The normalized spacial score (nSPS) is 17.6. The minimum absolute atomic E-state index is 0.0691. The SMILES string of the molecule is CC(C[SiH3])C(F)(F)C(F)(F)C(F)(F)C(F)(F)C(F)(F)C(F)(F)C(F)(F)C(F)(F)F. The first-order valence-electron chi connectivity index (χ1n) is 6.94. The van der Waals surface area contributed by atoms with Crippen molar-refractivity contribution in [1.82, 2.24) is 0 Å². The summed E-state index contributed by atoms with van der Waals surface area (Å²) >= 11 is 0. The maximum Gasteiger partial charge on any atom is 0.460 e. The molecule has 0 heterocycles. The fourth-order valence-electron chi connectivity index (χ4n) is 1.74. The number of hydrogen-bond acceptors (Lipinski definition) is 0. The molecule has 0 aromatic rings. The van der Waals surface area contributed by atoms with E-state index in [1.807, 2.05) is 0 Å². The van der Waals surface area contributed by atoms with Crippen molar-refractivity contribution in [3.63, 3.8) is 0 Å². The molecule has 0 nitrogen and oxygen atoms in total. The second-order valence-electron chi connectivity index (χ2n) is 5.88. The highest BCUT2D eigenvalue weighted by Gasteiger charge is 2.95. The molecule has 0 aliphatic carbocycles. The van der Waals surface area contributed by atoms with E-state index in [0.717, 1.165) is 0 Å². The van der Waals surface area contributed by atoms with Gasteiger partial charge in [-0.3, -0.25) is 0 Å². The number of alkyl halides is 17. The van der Waals surface area contributed by atoms with E-state index in [2.05, 4.69) is 0 Å². The van der Waals surface area contributed by atoms with E-state index in [4.69, 9.17) is 0 Å². The Bertz CT molecular complexity index is 589. The number of hydrogen-bond donors (Lipinski definition) is 0. The molecule has 0 saturated heterocycles. The topological polar surface area (TPSA) is 0 Å². The van der Waals surface area contributed by atoms with Gasteiger partial charge in [-0.1, -0.05) is 13.0 Å². The van der Waals surface area contributed by atoms with Crippen molar-refractivity contribution in [1.29, 1.82) is 0 Å². The van der Waals surface area contributed by atoms with Gasteiger partial charge < -0.3 is 0 Å². The molecule has 18 heteroatoms. The summed E-state index contributed by atoms with van der Waals surface area (Å²) in [6, 6.07) is -1.04. The molecule has 0 bridgehead atoms. The Hall–Kier alpha value is -0.973. The van der Waals surface area contributed by atoms with E-state index in [9.17, 15) is 74.6 Å². The molecule has 0 N–H and O–H groups in total. The molecule has 0 aliphatic heterocycles. The fraction of sp³-hybridized carbons (Fsp3) is 1.00. The lowest BCUT2D eigenvalue weighted by Gasteiger charge is -2.43. The first-order chi connectivity index (χ1) is 12.2. The van der Waals surface area contributed by atoms with Gasteiger partial charge in [-0.25, -0.2) is 0 Å². The van der Waals surface area contributed by atoms with Gasteiger partial charge in [0, 0.05) is 16.2 Å². The third-order valence-corrected chi connectivity index (χ3v) is 5.20. The summed E-state index contributed by atoms with van der Waals surface area (Å²) in [5, 5.41) is 0. The molecule has 0 saturated carbocycles. The standard InChI is InChI=1S/C11H9F17Si/c1-3(2-29)4(12,13)5(14,15)6(16,17)7(18,19)8(20,21)9(22,23)10(24,25)11(26,27)28/h3H,2H2,1,29H3. The van der Waals surface area contributed by atoms with Gasteiger partial charge in [0.05, 0.1) is 0 Å². The Balaban J connectivity index is 6.73. The van der Waals surface area contributed by atoms with Gasteiger partial charge in [-0.15, -0.1) is 0 Å². The minimum atomic E-state index is -8.56. The molecule has 0 rings (SSSR count). The molecular formula is C11H9F17Si. The van der Waals surface area contributed by atoms with Crippen molar-refractivity contribution in [2.45, 2.75) is 60.6 Å². The monoisotopic (exact) mass is 492 g/mol. The van der Waals surface area contributed by atoms with Crippen molar-refractivity contribution in [2.24, 2.45) is 5.92 Å². The molecule has 0 aliphatic rings. The predicted octanol–water partition coefficient (Wildman–Crippen LogP) is 5.42. The van der Waals surface area contributed by atoms with Crippen LogP contribution in [0.25, 0.3) is 0 Å². The van der Waals surface area contributed by atoms with E-state index in [1.54, 1.807) is 0 Å². The third kappa shape index (κ3) is 3.45. The molecule has 29 heavy (non-hydrogen) atoms. The Kier molecular flexibility index (Phi) is 6.80. The third-order valence-electron chi connectivity index (χ3n) is 3.98. The average Bonchev–Trinajstić information content (AvgIpc) is 2.51. The van der Waals surface area contributed by atoms with Crippen molar-refractivity contribution in [2.75, 3.05) is 0 Å². The second-order valence-corrected chi connectivity index (χ2v) is 6.69. The van der Waals surface area contributed by atoms with Crippen LogP contribution in [0.4, 0.5) is 74.6 Å². The smallest absolute Gasteiger partial charge is 0.199 e. The molecule has 0 aromatic heterocycles. The highest BCUT2D eigenvalue weighted by atomic mass is 28.1. The van der Waals surface area contributed by atoms with Crippen LogP contribution in [0.15, 0.2) is 0 Å². The van der Waals surface area contributed by atoms with Crippen molar-refractivity contribution in [3.05, 3.63) is 0 Å². The van der Waals surface area contributed by atoms with Crippen LogP contribution in [-0.2, 0) is 0 Å². The zero-order chi connectivity index (χ0) is 24.3. The van der Waals surface area contributed by atoms with Gasteiger partial charge in [0.2, 0.25) is 0 Å². The van der Waals surface area contributed by atoms with Crippen molar-refractivity contribution < 1.29 is 74.6 Å². The summed E-state index contributed by atoms with van der Waals surface area (Å²) in [7, 11) is -0.453. The van der Waals surface area contributed by atoms with Gasteiger partial charge in [0.15, 0.2) is 0 Å². The van der Waals surface area contributed by atoms with Crippen LogP contribution < -0.4 is 0 Å². The van der Waals surface area contributed by atoms with Gasteiger partial charge in [0.25, 0.3) is 0 Å². The molecule has 0 spiro atoms. The number of halogens is 17. The predicted molar refractivity (Wildman–Crippen MR) is 64.6 cm³/mol. The lowest BCUT2D eigenvalue weighted by molar-refractivity contribution is -0.463. The van der Waals surface area contributed by atoms with Crippen LogP contribution in [0.1, 0.15) is 6.92 Å². The quantitative estimate of drug-likeness (QED) is 0.314. The summed E-state index contributed by atoms with van der Waals surface area (Å²) in [5.74, 6) is -58.6. The largest absolute Gasteiger partial charge is 0.460 e. The Morgan fingerprint density at radius 2 is 0.724 bits per heavy atom. The maximum absolute atomic E-state index is 13.4. The molecular weight excluding hydrogens is 483 g/mol. The van der Waals surface area contributed by atoms with E-state index >= 15 is 0 Å². The van der Waals surface area contributed by atoms with Gasteiger partial charge >= 0.3 is 47.6 Å². The first-order valence-corrected chi connectivity index (χ1v) is 8.36. The first kappa shape index (κ1) is 28.0. The van der Waals surface area contributed by atoms with Crippen molar-refractivity contribution in [3.8, 4) is 0 Å². The summed E-state index contributed by atoms with van der Waals surface area (Å²) in [5.41, 5.74) is 0. The van der Waals surface area contributed by atoms with Gasteiger partial charge in [-0.05, 0) is 0 Å². The Labute approximate surface area is 152 Å². The second kappa shape index (κ2) is 7.03. The highest BCUT2D eigenvalue weighted by Crippen LogP contribution is 2.64. The van der Waals surface area contributed by atoms with E-state index in [1.165, 1.54) is 0 Å². The van der Waals surface area contributed by atoms with E-state index in [-0.39, 0.29) is 6.92 Å². The van der Waals surface area contributed by atoms with E-state index < -0.39 is 69.8 Å². The molecule has 176 valence electrons. The lowest BCUT2D eigenvalue weighted by atomic mass is 9.86. The fourth-order valence-corrected chi connectivity index (χ4v) is 2.25. The van der Waals surface area contributed by atoms with Crippen molar-refractivity contribution >= 4 is 10.2 Å². The Morgan fingerprint density at radius 1 is 0.483 bits per heavy atom. The molecule has 0 aromatic carbocycles. The number of rotatable bonds is 8. The molecule has 0 amide bonds. The van der Waals surface area contributed by atoms with Gasteiger partial charge in [0.1, 0.15) is 0 Å². The molecule has 0 fully saturated rings. The Morgan fingerprint density at radius 3 is 0.966 bits per heavy atom. The zero-order valence-corrected chi connectivity index (χ0v) is 15.7. The zero-order valence-electron chi connectivity index (χ0n) is 13.7. The molecule has 1 unspecified atom stereocenters. The van der Waals surface area contributed by atoms with Crippen LogP contribution in [0.5, 0.6) is 0 Å². The van der Waals surface area contributed by atoms with Crippen LogP contribution >= 0.6 is 0 Å². The highest BCUT2D eigenvalue weighted by molar-refractivity contribution is 6.08. The van der Waals surface area contributed by atoms with Gasteiger partial charge in [-0.2, -0.15) is 74.6 Å². The summed E-state index contributed by atoms with van der Waals surface area (Å²) in [6.07, 6.45) is -7.74. The van der Waals surface area contributed by atoms with E-state index in [0.29, 0.717) is 0 Å². The summed E-state index contributed by atoms with van der Waals surface area (Å²) in [4.78, 5) is 0. The van der Waals surface area contributed by atoms with Crippen LogP contribution in [0.2, 0.25) is 6.04 Å². The van der Waals surface area contributed by atoms with Crippen LogP contribution in [0, 0.1) is 5.92 Å². The summed E-state index contributed by atoms with van der Waals surface area (Å²) < 4.78 is 220. The van der Waals surface area contributed by atoms with Crippen LogP contribution in [0.3, 0.4) is 0 Å².